The maximum Gasteiger partial charge on any atom is 0.260 e. The summed E-state index contributed by atoms with van der Waals surface area (Å²) in [4.78, 5) is 20.4. The molecule has 1 atom stereocenters. The third kappa shape index (κ3) is 5.50. The molecule has 2 heterocycles. The summed E-state index contributed by atoms with van der Waals surface area (Å²) in [6.07, 6.45) is 3.61. The zero-order valence-electron chi connectivity index (χ0n) is 20.5. The summed E-state index contributed by atoms with van der Waals surface area (Å²) in [5.74, 6) is -0.227. The van der Waals surface area contributed by atoms with E-state index in [4.69, 9.17) is 4.98 Å². The number of aromatic nitrogens is 1. The number of anilines is 1. The molecule has 0 aliphatic carbocycles. The molecule has 0 radical (unpaired) electrons. The first-order valence-electron chi connectivity index (χ1n) is 12.4. The van der Waals surface area contributed by atoms with E-state index in [-0.39, 0.29) is 16.8 Å². The number of amides is 1. The number of benzene rings is 3. The lowest BCUT2D eigenvalue weighted by Crippen LogP contribution is -2.43. The Balaban J connectivity index is 1.46. The average molecular weight is 599 g/mol. The predicted octanol–water partition coefficient (Wildman–Crippen LogP) is 6.86. The van der Waals surface area contributed by atoms with Crippen molar-refractivity contribution in [2.24, 2.45) is 0 Å². The summed E-state index contributed by atoms with van der Waals surface area (Å²) in [6, 6.07) is 22.0. The van der Waals surface area contributed by atoms with Gasteiger partial charge in [-0.15, -0.1) is 0 Å². The molecule has 0 spiro atoms. The highest BCUT2D eigenvalue weighted by atomic mass is 79.9. The maximum absolute atomic E-state index is 13.8. The van der Waals surface area contributed by atoms with Crippen molar-refractivity contribution < 1.29 is 13.2 Å². The van der Waals surface area contributed by atoms with E-state index in [1.54, 1.807) is 33.5 Å². The smallest absolute Gasteiger partial charge is 0.260 e. The molecule has 0 N–H and O–H groups in total. The van der Waals surface area contributed by atoms with Gasteiger partial charge >= 0.3 is 0 Å². The molecule has 1 aromatic heterocycles. The summed E-state index contributed by atoms with van der Waals surface area (Å²) >= 11 is 4.96. The van der Waals surface area contributed by atoms with Gasteiger partial charge in [0.25, 0.3) is 5.91 Å². The molecule has 1 fully saturated rings. The van der Waals surface area contributed by atoms with Gasteiger partial charge in [0.05, 0.1) is 21.7 Å². The van der Waals surface area contributed by atoms with Gasteiger partial charge < -0.3 is 0 Å². The zero-order valence-corrected chi connectivity index (χ0v) is 23.7. The number of hydrogen-bond donors (Lipinski definition) is 0. The van der Waals surface area contributed by atoms with E-state index >= 15 is 0 Å². The van der Waals surface area contributed by atoms with Gasteiger partial charge in [-0.25, -0.2) is 13.4 Å². The summed E-state index contributed by atoms with van der Waals surface area (Å²) in [7, 11) is -3.61. The largest absolute Gasteiger partial charge is 0.279 e. The maximum atomic E-state index is 13.8. The fourth-order valence-electron chi connectivity index (χ4n) is 4.75. The monoisotopic (exact) mass is 597 g/mol. The second-order valence-electron chi connectivity index (χ2n) is 9.18. The average Bonchev–Trinajstić information content (AvgIpc) is 3.35. The molecule has 1 saturated heterocycles. The molecular weight excluding hydrogens is 570 g/mol. The summed E-state index contributed by atoms with van der Waals surface area (Å²) in [5.41, 5.74) is 2.22. The molecule has 0 saturated carbocycles. The van der Waals surface area contributed by atoms with Crippen LogP contribution in [0.1, 0.15) is 48.5 Å². The third-order valence-corrected chi connectivity index (χ3v) is 10.3. The van der Waals surface area contributed by atoms with Crippen LogP contribution in [0, 0.1) is 0 Å². The Kier molecular flexibility index (Phi) is 7.76. The fraction of sp³-hybridized carbons (Fsp3) is 0.286. The highest BCUT2D eigenvalue weighted by Crippen LogP contribution is 2.33. The number of hydrogen-bond acceptors (Lipinski definition) is 5. The SMILES string of the molecule is CCC1CCCCN1S(=O)(=O)c1ccc(C(=O)N(Cc2ccccc2)c2nc3ccc(Br)cc3s2)cc1. The van der Waals surface area contributed by atoms with Crippen LogP contribution in [0.2, 0.25) is 0 Å². The topological polar surface area (TPSA) is 70.6 Å². The molecule has 6 nitrogen and oxygen atoms in total. The van der Waals surface area contributed by atoms with Crippen LogP contribution in [-0.2, 0) is 16.6 Å². The first-order chi connectivity index (χ1) is 17.9. The van der Waals surface area contributed by atoms with Crippen LogP contribution < -0.4 is 4.90 Å². The standard InChI is InChI=1S/C28H28BrN3O3S2/c1-2-23-10-6-7-17-32(23)37(34,35)24-14-11-21(12-15-24)27(33)31(19-20-8-4-3-5-9-20)28-30-25-16-13-22(29)18-26(25)36-28/h3-5,8-9,11-16,18,23H,2,6-7,10,17,19H2,1H3. The summed E-state index contributed by atoms with van der Waals surface area (Å²) < 4.78 is 30.3. The van der Waals surface area contributed by atoms with Gasteiger partial charge in [0, 0.05) is 22.6 Å². The third-order valence-electron chi connectivity index (χ3n) is 6.75. The minimum Gasteiger partial charge on any atom is -0.279 e. The molecule has 1 aliphatic rings. The number of piperidine rings is 1. The number of carbonyl (C=O) groups excluding carboxylic acids is 1. The van der Waals surface area contributed by atoms with Gasteiger partial charge in [-0.3, -0.25) is 9.69 Å². The molecule has 4 aromatic rings. The van der Waals surface area contributed by atoms with Gasteiger partial charge in [0.1, 0.15) is 0 Å². The van der Waals surface area contributed by atoms with E-state index < -0.39 is 10.0 Å². The van der Waals surface area contributed by atoms with Crippen molar-refractivity contribution in [3.05, 3.63) is 88.4 Å². The number of fused-ring (bicyclic) bond motifs is 1. The van der Waals surface area contributed by atoms with Crippen molar-refractivity contribution in [1.82, 2.24) is 9.29 Å². The quantitative estimate of drug-likeness (QED) is 0.233. The Morgan fingerprint density at radius 1 is 1.08 bits per heavy atom. The number of nitrogens with zero attached hydrogens (tertiary/aromatic N) is 3. The normalized spacial score (nSPS) is 16.6. The molecule has 37 heavy (non-hydrogen) atoms. The van der Waals surface area contributed by atoms with E-state index in [9.17, 15) is 13.2 Å². The van der Waals surface area contributed by atoms with E-state index in [2.05, 4.69) is 15.9 Å². The Bertz CT molecular complexity index is 1500. The Labute approximate surface area is 230 Å². The second-order valence-corrected chi connectivity index (χ2v) is 13.0. The molecule has 1 aliphatic heterocycles. The lowest BCUT2D eigenvalue weighted by atomic mass is 10.0. The van der Waals surface area contributed by atoms with Gasteiger partial charge in [-0.2, -0.15) is 4.31 Å². The fourth-order valence-corrected chi connectivity index (χ4v) is 8.04. The van der Waals surface area contributed by atoms with Crippen LogP contribution in [0.3, 0.4) is 0 Å². The van der Waals surface area contributed by atoms with E-state index in [1.807, 2.05) is 55.5 Å². The van der Waals surface area contributed by atoms with Crippen molar-refractivity contribution in [1.29, 1.82) is 0 Å². The molecule has 3 aromatic carbocycles. The zero-order chi connectivity index (χ0) is 26.0. The van der Waals surface area contributed by atoms with Crippen LogP contribution in [0.5, 0.6) is 0 Å². The Morgan fingerprint density at radius 2 is 1.84 bits per heavy atom. The van der Waals surface area contributed by atoms with Crippen LogP contribution in [-0.4, -0.2) is 36.2 Å². The molecule has 5 rings (SSSR count). The predicted molar refractivity (Wildman–Crippen MR) is 153 cm³/mol. The van der Waals surface area contributed by atoms with Crippen molar-refractivity contribution in [3.8, 4) is 0 Å². The Morgan fingerprint density at radius 3 is 2.57 bits per heavy atom. The van der Waals surface area contributed by atoms with Crippen LogP contribution in [0.4, 0.5) is 5.13 Å². The van der Waals surface area contributed by atoms with Crippen molar-refractivity contribution in [2.75, 3.05) is 11.4 Å². The summed E-state index contributed by atoms with van der Waals surface area (Å²) in [6.45, 7) is 2.93. The van der Waals surface area contributed by atoms with Gasteiger partial charge in [-0.1, -0.05) is 70.9 Å². The lowest BCUT2D eigenvalue weighted by molar-refractivity contribution is 0.0985. The van der Waals surface area contributed by atoms with Gasteiger partial charge in [0.2, 0.25) is 10.0 Å². The highest BCUT2D eigenvalue weighted by molar-refractivity contribution is 9.10. The van der Waals surface area contributed by atoms with E-state index in [0.717, 1.165) is 45.9 Å². The molecular formula is C28H28BrN3O3S2. The van der Waals surface area contributed by atoms with Gasteiger partial charge in [-0.05, 0) is 67.3 Å². The minimum atomic E-state index is -3.61. The van der Waals surface area contributed by atoms with Crippen LogP contribution >= 0.6 is 27.3 Å². The van der Waals surface area contributed by atoms with Crippen molar-refractivity contribution in [2.45, 2.75) is 50.1 Å². The molecule has 0 bridgehead atoms. The Hall–Kier alpha value is -2.59. The lowest BCUT2D eigenvalue weighted by Gasteiger charge is -2.34. The second kappa shape index (κ2) is 11.0. The number of thiazole rings is 1. The van der Waals surface area contributed by atoms with Gasteiger partial charge in [0.15, 0.2) is 5.13 Å². The van der Waals surface area contributed by atoms with Crippen molar-refractivity contribution in [3.63, 3.8) is 0 Å². The molecule has 192 valence electrons. The number of sulfonamides is 1. The first-order valence-corrected chi connectivity index (χ1v) is 15.5. The number of carbonyl (C=O) groups is 1. The summed E-state index contributed by atoms with van der Waals surface area (Å²) in [5, 5.41) is 0.595. The minimum absolute atomic E-state index is 0.0282. The van der Waals surface area contributed by atoms with E-state index in [1.165, 1.54) is 11.3 Å². The molecule has 9 heteroatoms. The first kappa shape index (κ1) is 26.0. The number of halogens is 1. The molecule has 1 unspecified atom stereocenters. The van der Waals surface area contributed by atoms with Crippen molar-refractivity contribution >= 4 is 58.5 Å². The van der Waals surface area contributed by atoms with E-state index in [0.29, 0.717) is 23.8 Å². The van der Waals surface area contributed by atoms with Crippen LogP contribution in [0.25, 0.3) is 10.2 Å². The highest BCUT2D eigenvalue weighted by Gasteiger charge is 2.32. The molecule has 1 amide bonds. The van der Waals surface area contributed by atoms with Crippen LogP contribution in [0.15, 0.2) is 82.2 Å². The number of rotatable bonds is 7.